The van der Waals surface area contributed by atoms with Crippen LogP contribution >= 0.6 is 0 Å². The van der Waals surface area contributed by atoms with E-state index in [1.54, 1.807) is 36.0 Å². The lowest BCUT2D eigenvalue weighted by Crippen LogP contribution is -2.47. The Morgan fingerprint density at radius 1 is 0.965 bits per heavy atom. The number of halogens is 2. The Bertz CT molecular complexity index is 2540. The van der Waals surface area contributed by atoms with E-state index in [2.05, 4.69) is 15.1 Å². The molecule has 16 heteroatoms. The largest absolute Gasteiger partial charge is 0.490 e. The number of fused-ring (bicyclic) bond motifs is 10. The number of ether oxygens (including phenoxy) is 2. The molecule has 294 valence electrons. The maximum Gasteiger partial charge on any atom is 0.245 e. The molecule has 4 aliphatic heterocycles. The first kappa shape index (κ1) is 35.7. The van der Waals surface area contributed by atoms with E-state index in [4.69, 9.17) is 34.5 Å². The molecule has 0 aliphatic carbocycles. The summed E-state index contributed by atoms with van der Waals surface area (Å²) in [5.74, 6) is 2.41. The van der Waals surface area contributed by atoms with Crippen molar-refractivity contribution in [3.8, 4) is 22.7 Å². The van der Waals surface area contributed by atoms with Crippen molar-refractivity contribution < 1.29 is 23.0 Å². The first-order chi connectivity index (χ1) is 27.7. The van der Waals surface area contributed by atoms with E-state index in [9.17, 15) is 9.18 Å². The normalized spacial score (nSPS) is 23.7. The fourth-order valence-electron chi connectivity index (χ4n) is 9.14. The Balaban J connectivity index is 1.10. The second-order valence-corrected chi connectivity index (χ2v) is 15.7. The minimum Gasteiger partial charge on any atom is -0.490 e. The summed E-state index contributed by atoms with van der Waals surface area (Å²) in [5, 5.41) is 9.06. The number of carbonyl (C=O) groups is 1. The SMILES string of the molecule is CO[C@H]1CN(C)C(=O)[C@@H]2C[C@@H](CN2c2nc3nc4c2cnn4-c2ccc(F)cc2OCCN2CC[C@H](C3)C2)Nc2cccc(n2)-c2cc(F)cc3nc(C)n(c23)C1. The summed E-state index contributed by atoms with van der Waals surface area (Å²) in [6.07, 6.45) is 3.43. The number of amides is 1. The van der Waals surface area contributed by atoms with Crippen molar-refractivity contribution in [1.29, 1.82) is 0 Å². The lowest BCUT2D eigenvalue weighted by atomic mass is 10.0. The second kappa shape index (κ2) is 14.0. The monoisotopic (exact) mass is 775 g/mol. The van der Waals surface area contributed by atoms with E-state index in [0.717, 1.165) is 31.6 Å². The van der Waals surface area contributed by atoms with Gasteiger partial charge in [-0.2, -0.15) is 5.10 Å². The van der Waals surface area contributed by atoms with Crippen LogP contribution in [0.4, 0.5) is 20.4 Å². The number of hydrogen-bond donors (Lipinski definition) is 1. The second-order valence-electron chi connectivity index (χ2n) is 15.7. The molecule has 10 rings (SSSR count). The third kappa shape index (κ3) is 6.40. The maximum atomic E-state index is 15.1. The highest BCUT2D eigenvalue weighted by molar-refractivity contribution is 5.94. The Morgan fingerprint density at radius 3 is 2.74 bits per heavy atom. The summed E-state index contributed by atoms with van der Waals surface area (Å²) >= 11 is 0. The minimum atomic E-state index is -0.602. The molecule has 2 aromatic carbocycles. The Morgan fingerprint density at radius 2 is 1.86 bits per heavy atom. The third-order valence-corrected chi connectivity index (χ3v) is 11.9. The summed E-state index contributed by atoms with van der Waals surface area (Å²) < 4.78 is 45.7. The van der Waals surface area contributed by atoms with Crippen LogP contribution in [0.3, 0.4) is 0 Å². The Labute approximate surface area is 327 Å². The van der Waals surface area contributed by atoms with Gasteiger partial charge in [-0.3, -0.25) is 9.69 Å². The number of nitrogens with zero attached hydrogens (tertiary/aromatic N) is 10. The molecule has 4 aromatic heterocycles. The van der Waals surface area contributed by atoms with Crippen LogP contribution in [0.25, 0.3) is 39.0 Å². The average Bonchev–Trinajstić information content (AvgIpc) is 3.99. The number of aromatic nitrogens is 7. The van der Waals surface area contributed by atoms with E-state index in [0.29, 0.717) is 108 Å². The number of benzene rings is 2. The summed E-state index contributed by atoms with van der Waals surface area (Å²) in [6.45, 7) is 5.95. The molecule has 0 spiro atoms. The average molecular weight is 776 g/mol. The van der Waals surface area contributed by atoms with E-state index >= 15 is 4.39 Å². The number of nitrogens with one attached hydrogen (secondary N) is 1. The van der Waals surface area contributed by atoms with Crippen LogP contribution in [0.5, 0.6) is 5.75 Å². The van der Waals surface area contributed by atoms with Crippen molar-refractivity contribution in [2.24, 2.45) is 5.92 Å². The van der Waals surface area contributed by atoms with E-state index in [-0.39, 0.29) is 11.9 Å². The number of rotatable bonds is 2. The minimum absolute atomic E-state index is 0.0832. The van der Waals surface area contributed by atoms with Crippen LogP contribution in [0.1, 0.15) is 24.5 Å². The van der Waals surface area contributed by atoms with Gasteiger partial charge < -0.3 is 29.2 Å². The third-order valence-electron chi connectivity index (χ3n) is 11.9. The van der Waals surface area contributed by atoms with Gasteiger partial charge in [0.2, 0.25) is 5.91 Å². The lowest BCUT2D eigenvalue weighted by molar-refractivity contribution is -0.132. The molecule has 1 N–H and O–H groups in total. The van der Waals surface area contributed by atoms with E-state index in [1.165, 1.54) is 24.3 Å². The highest BCUT2D eigenvalue weighted by Crippen LogP contribution is 2.37. The molecule has 1 amide bonds. The van der Waals surface area contributed by atoms with Gasteiger partial charge in [-0.1, -0.05) is 6.07 Å². The number of carbonyl (C=O) groups excluding carboxylic acids is 1. The van der Waals surface area contributed by atoms with E-state index < -0.39 is 23.8 Å². The highest BCUT2D eigenvalue weighted by atomic mass is 19.1. The predicted molar refractivity (Wildman–Crippen MR) is 210 cm³/mol. The van der Waals surface area contributed by atoms with Gasteiger partial charge in [0, 0.05) is 70.5 Å². The first-order valence-corrected chi connectivity index (χ1v) is 19.5. The zero-order chi connectivity index (χ0) is 38.9. The highest BCUT2D eigenvalue weighted by Gasteiger charge is 2.41. The van der Waals surface area contributed by atoms with Crippen molar-refractivity contribution in [1.82, 2.24) is 44.1 Å². The van der Waals surface area contributed by atoms with Gasteiger partial charge in [0.05, 0.1) is 41.0 Å². The van der Waals surface area contributed by atoms with Gasteiger partial charge in [-0.05, 0) is 62.6 Å². The smallest absolute Gasteiger partial charge is 0.245 e. The Hall–Kier alpha value is -5.74. The standard InChI is InChI=1S/C41H43F2N11O3/c1-23-45-32-15-26(43)14-29-31-5-4-6-36(47-31)46-27-17-34(41(55)50(2)21-28(56-3)22-52(23)38(29)32)53(20-27)39-30-18-44-54-33-8-7-25(42)16-35(33)57-12-11-51-10-9-24(19-51)13-37(48-39)49-40(30)54/h4-8,14-16,18,24,27-28,34H,9-13,17,19-22H2,1-3H3,(H,46,47)/t24-,27+,28+,34+/m1/s1. The van der Waals surface area contributed by atoms with Crippen LogP contribution in [0.15, 0.2) is 54.7 Å². The summed E-state index contributed by atoms with van der Waals surface area (Å²) in [4.78, 5) is 41.0. The molecule has 14 nitrogen and oxygen atoms in total. The van der Waals surface area contributed by atoms with Gasteiger partial charge >= 0.3 is 0 Å². The molecule has 4 aliphatic rings. The molecule has 1 unspecified atom stereocenters. The topological polar surface area (TPSA) is 132 Å². The molecule has 57 heavy (non-hydrogen) atoms. The van der Waals surface area contributed by atoms with Gasteiger partial charge in [-0.25, -0.2) is 33.4 Å². The number of imidazole rings is 1. The molecule has 0 saturated carbocycles. The summed E-state index contributed by atoms with van der Waals surface area (Å²) in [6, 6.07) is 12.2. The predicted octanol–water partition coefficient (Wildman–Crippen LogP) is 4.62. The van der Waals surface area contributed by atoms with Crippen LogP contribution in [0, 0.1) is 24.5 Å². The number of anilines is 2. The molecule has 0 radical (unpaired) electrons. The van der Waals surface area contributed by atoms with Gasteiger partial charge in [0.25, 0.3) is 0 Å². The van der Waals surface area contributed by atoms with Crippen LogP contribution in [-0.4, -0.2) is 122 Å². The number of pyridine rings is 1. The van der Waals surface area contributed by atoms with Crippen molar-refractivity contribution in [3.05, 3.63) is 78.0 Å². The molecule has 2 saturated heterocycles. The molecular weight excluding hydrogens is 733 g/mol. The molecule has 2 fully saturated rings. The molecule has 6 aromatic rings. The fraction of sp³-hybridized carbons (Fsp3) is 0.415. The van der Waals surface area contributed by atoms with E-state index in [1.807, 2.05) is 29.7 Å². The zero-order valence-electron chi connectivity index (χ0n) is 32.0. The number of methoxy groups -OCH3 is 1. The number of likely N-dealkylation sites (N-methyl/N-ethyl adjacent to an activating group) is 1. The molecule has 8 bridgehead atoms. The van der Waals surface area contributed by atoms with Crippen LogP contribution in [-0.2, 0) is 22.5 Å². The summed E-state index contributed by atoms with van der Waals surface area (Å²) in [7, 11) is 3.44. The van der Waals surface area contributed by atoms with Crippen molar-refractivity contribution in [2.45, 2.75) is 50.9 Å². The molecule has 5 atom stereocenters. The fourth-order valence-corrected chi connectivity index (χ4v) is 9.14. The number of hydrogen-bond acceptors (Lipinski definition) is 11. The lowest BCUT2D eigenvalue weighted by Gasteiger charge is -2.31. The summed E-state index contributed by atoms with van der Waals surface area (Å²) in [5.41, 5.74) is 3.63. The van der Waals surface area contributed by atoms with Crippen molar-refractivity contribution in [3.63, 3.8) is 0 Å². The Kier molecular flexibility index (Phi) is 8.77. The maximum absolute atomic E-state index is 15.1. The van der Waals surface area contributed by atoms with Crippen LogP contribution in [0.2, 0.25) is 0 Å². The molecule has 8 heterocycles. The van der Waals surface area contributed by atoms with Crippen molar-refractivity contribution >= 4 is 39.6 Å². The quantitative estimate of drug-likeness (QED) is 0.265. The van der Waals surface area contributed by atoms with Gasteiger partial charge in [0.15, 0.2) is 5.65 Å². The zero-order valence-corrected chi connectivity index (χ0v) is 32.0. The van der Waals surface area contributed by atoms with Gasteiger partial charge in [0.1, 0.15) is 59.0 Å². The molecular formula is C41H43F2N11O3. The van der Waals surface area contributed by atoms with Crippen LogP contribution < -0.4 is 15.0 Å². The van der Waals surface area contributed by atoms with Crippen molar-refractivity contribution in [2.75, 3.05) is 63.7 Å². The first-order valence-electron chi connectivity index (χ1n) is 19.5. The number of aryl methyl sites for hydroxylation is 1. The van der Waals surface area contributed by atoms with Gasteiger partial charge in [-0.15, -0.1) is 0 Å².